The molecule has 4 nitrogen and oxygen atoms in total. The number of aromatic carboxylic acids is 1. The summed E-state index contributed by atoms with van der Waals surface area (Å²) in [6, 6.07) is 8.55. The molecular formula is C19H17F4NO3. The van der Waals surface area contributed by atoms with Gasteiger partial charge in [0, 0.05) is 19.0 Å². The number of hydrogen-bond donors (Lipinski definition) is 1. The van der Waals surface area contributed by atoms with Crippen molar-refractivity contribution < 1.29 is 32.2 Å². The smallest absolute Gasteiger partial charge is 0.419 e. The third kappa shape index (κ3) is 4.32. The molecule has 0 bridgehead atoms. The molecule has 0 unspecified atom stereocenters. The highest BCUT2D eigenvalue weighted by Crippen LogP contribution is 2.36. The summed E-state index contributed by atoms with van der Waals surface area (Å²) in [7, 11) is 0. The van der Waals surface area contributed by atoms with Gasteiger partial charge in [-0.25, -0.2) is 9.18 Å². The second kappa shape index (κ2) is 7.46. The van der Waals surface area contributed by atoms with Crippen molar-refractivity contribution in [2.75, 3.05) is 24.6 Å². The van der Waals surface area contributed by atoms with Gasteiger partial charge >= 0.3 is 12.1 Å². The minimum absolute atomic E-state index is 0.0230. The number of alkyl halides is 3. The molecule has 0 aromatic heterocycles. The lowest BCUT2D eigenvalue weighted by molar-refractivity contribution is -0.139. The number of carbonyl (C=O) groups is 1. The van der Waals surface area contributed by atoms with Crippen LogP contribution < -0.4 is 9.64 Å². The van der Waals surface area contributed by atoms with Gasteiger partial charge in [0.15, 0.2) is 0 Å². The van der Waals surface area contributed by atoms with Crippen LogP contribution in [0.3, 0.4) is 0 Å². The molecule has 1 heterocycles. The van der Waals surface area contributed by atoms with E-state index in [1.807, 2.05) is 0 Å². The maximum absolute atomic E-state index is 14.1. The normalized spacial score (nSPS) is 17.2. The van der Waals surface area contributed by atoms with Crippen LogP contribution in [-0.4, -0.2) is 30.8 Å². The van der Waals surface area contributed by atoms with E-state index in [9.17, 15) is 22.4 Å². The number of carboxylic acids is 1. The highest BCUT2D eigenvalue weighted by molar-refractivity contribution is 5.88. The lowest BCUT2D eigenvalue weighted by Gasteiger charge is -2.20. The minimum atomic E-state index is -4.50. The number of hydrogen-bond acceptors (Lipinski definition) is 3. The summed E-state index contributed by atoms with van der Waals surface area (Å²) in [4.78, 5) is 12.7. The number of nitrogens with zero attached hydrogens (tertiary/aromatic N) is 1. The number of para-hydroxylation sites is 1. The average Bonchev–Trinajstić information content (AvgIpc) is 3.08. The summed E-state index contributed by atoms with van der Waals surface area (Å²) in [5.41, 5.74) is -0.682. The fourth-order valence-corrected chi connectivity index (χ4v) is 3.11. The largest absolute Gasteiger partial charge is 0.493 e. The lowest BCUT2D eigenvalue weighted by Crippen LogP contribution is -2.23. The SMILES string of the molecule is O=C(O)c1ccc(F)c(N2CC[C@@H](COc3ccccc3C(F)(F)F)C2)c1. The first kappa shape index (κ1) is 19.0. The van der Waals surface area contributed by atoms with E-state index < -0.39 is 23.5 Å². The lowest BCUT2D eigenvalue weighted by atomic mass is 10.1. The second-order valence-corrected chi connectivity index (χ2v) is 6.38. The molecule has 8 heteroatoms. The summed E-state index contributed by atoms with van der Waals surface area (Å²) in [5, 5.41) is 9.04. The van der Waals surface area contributed by atoms with Crippen molar-refractivity contribution in [3.63, 3.8) is 0 Å². The Morgan fingerprint density at radius 2 is 1.96 bits per heavy atom. The van der Waals surface area contributed by atoms with Gasteiger partial charge in [0.25, 0.3) is 0 Å². The first-order valence-corrected chi connectivity index (χ1v) is 8.32. The van der Waals surface area contributed by atoms with E-state index in [1.165, 1.54) is 30.3 Å². The molecule has 0 saturated carbocycles. The van der Waals surface area contributed by atoms with Gasteiger partial charge in [0.2, 0.25) is 0 Å². The zero-order chi connectivity index (χ0) is 19.6. The van der Waals surface area contributed by atoms with Crippen molar-refractivity contribution in [3.8, 4) is 5.75 Å². The second-order valence-electron chi connectivity index (χ2n) is 6.38. The van der Waals surface area contributed by atoms with E-state index in [4.69, 9.17) is 9.84 Å². The van der Waals surface area contributed by atoms with Crippen molar-refractivity contribution in [1.29, 1.82) is 0 Å². The van der Waals surface area contributed by atoms with Crippen LogP contribution in [0.5, 0.6) is 5.75 Å². The molecular weight excluding hydrogens is 366 g/mol. The summed E-state index contributed by atoms with van der Waals surface area (Å²) < 4.78 is 58.5. The number of carboxylic acid groups (broad SMARTS) is 1. The average molecular weight is 383 g/mol. The number of ether oxygens (including phenoxy) is 1. The van der Waals surface area contributed by atoms with Crippen molar-refractivity contribution >= 4 is 11.7 Å². The first-order valence-electron chi connectivity index (χ1n) is 8.32. The molecule has 2 aromatic carbocycles. The molecule has 1 atom stereocenters. The van der Waals surface area contributed by atoms with Gasteiger partial charge in [-0.1, -0.05) is 12.1 Å². The Kier molecular flexibility index (Phi) is 5.25. The van der Waals surface area contributed by atoms with E-state index in [0.717, 1.165) is 12.1 Å². The predicted molar refractivity (Wildman–Crippen MR) is 90.6 cm³/mol. The fraction of sp³-hybridized carbons (Fsp3) is 0.316. The Balaban J connectivity index is 1.67. The van der Waals surface area contributed by atoms with Crippen molar-refractivity contribution in [3.05, 3.63) is 59.4 Å². The van der Waals surface area contributed by atoms with Gasteiger partial charge in [0.1, 0.15) is 11.6 Å². The highest BCUT2D eigenvalue weighted by Gasteiger charge is 2.34. The molecule has 1 aliphatic rings. The molecule has 3 rings (SSSR count). The van der Waals surface area contributed by atoms with Gasteiger partial charge in [-0.2, -0.15) is 13.2 Å². The molecule has 144 valence electrons. The van der Waals surface area contributed by atoms with Gasteiger partial charge < -0.3 is 14.7 Å². The number of anilines is 1. The van der Waals surface area contributed by atoms with Crippen LogP contribution in [0.1, 0.15) is 22.3 Å². The molecule has 0 aliphatic carbocycles. The summed E-state index contributed by atoms with van der Waals surface area (Å²) in [5.74, 6) is -2.02. The van der Waals surface area contributed by atoms with E-state index in [0.29, 0.717) is 19.5 Å². The maximum atomic E-state index is 14.1. The van der Waals surface area contributed by atoms with Crippen LogP contribution in [0.25, 0.3) is 0 Å². The first-order chi connectivity index (χ1) is 12.8. The summed E-state index contributed by atoms with van der Waals surface area (Å²) in [6.07, 6.45) is -3.90. The minimum Gasteiger partial charge on any atom is -0.493 e. The number of benzene rings is 2. The molecule has 1 fully saturated rings. The predicted octanol–water partition coefficient (Wildman–Crippen LogP) is 4.45. The van der Waals surface area contributed by atoms with Crippen LogP contribution in [0.4, 0.5) is 23.2 Å². The molecule has 1 aliphatic heterocycles. The third-order valence-electron chi connectivity index (χ3n) is 4.49. The molecule has 1 N–H and O–H groups in total. The zero-order valence-corrected chi connectivity index (χ0v) is 14.2. The van der Waals surface area contributed by atoms with E-state index in [1.54, 1.807) is 4.90 Å². The number of halogens is 4. The van der Waals surface area contributed by atoms with Crippen LogP contribution in [0.15, 0.2) is 42.5 Å². The Bertz CT molecular complexity index is 838. The molecule has 27 heavy (non-hydrogen) atoms. The zero-order valence-electron chi connectivity index (χ0n) is 14.2. The molecule has 1 saturated heterocycles. The molecule has 0 radical (unpaired) electrons. The number of rotatable bonds is 5. The van der Waals surface area contributed by atoms with Crippen LogP contribution >= 0.6 is 0 Å². The summed E-state index contributed by atoms with van der Waals surface area (Å²) in [6.45, 7) is 0.896. The maximum Gasteiger partial charge on any atom is 0.419 e. The molecule has 0 spiro atoms. The van der Waals surface area contributed by atoms with Crippen LogP contribution in [-0.2, 0) is 6.18 Å². The van der Waals surface area contributed by atoms with Gasteiger partial charge in [-0.15, -0.1) is 0 Å². The van der Waals surface area contributed by atoms with Gasteiger partial charge in [-0.05, 0) is 36.8 Å². The van der Waals surface area contributed by atoms with Gasteiger partial charge in [-0.3, -0.25) is 0 Å². The topological polar surface area (TPSA) is 49.8 Å². The van der Waals surface area contributed by atoms with Gasteiger partial charge in [0.05, 0.1) is 23.4 Å². The molecule has 0 amide bonds. The van der Waals surface area contributed by atoms with E-state index >= 15 is 0 Å². The fourth-order valence-electron chi connectivity index (χ4n) is 3.11. The Morgan fingerprint density at radius 1 is 1.22 bits per heavy atom. The molecule has 2 aromatic rings. The van der Waals surface area contributed by atoms with Crippen molar-refractivity contribution in [2.24, 2.45) is 5.92 Å². The summed E-state index contributed by atoms with van der Waals surface area (Å²) >= 11 is 0. The van der Waals surface area contributed by atoms with Crippen molar-refractivity contribution in [2.45, 2.75) is 12.6 Å². The highest BCUT2D eigenvalue weighted by atomic mass is 19.4. The Labute approximate surface area is 153 Å². The van der Waals surface area contributed by atoms with E-state index in [-0.39, 0.29) is 29.5 Å². The quantitative estimate of drug-likeness (QED) is 0.776. The van der Waals surface area contributed by atoms with E-state index in [2.05, 4.69) is 0 Å². The Morgan fingerprint density at radius 3 is 2.67 bits per heavy atom. The standard InChI is InChI=1S/C19H17F4NO3/c20-15-6-5-13(18(25)26)9-16(15)24-8-7-12(10-24)11-27-17-4-2-1-3-14(17)19(21,22)23/h1-6,9,12H,7-8,10-11H2,(H,25,26)/t12-/m1/s1. The van der Waals surface area contributed by atoms with Crippen LogP contribution in [0.2, 0.25) is 0 Å². The van der Waals surface area contributed by atoms with Crippen molar-refractivity contribution in [1.82, 2.24) is 0 Å². The monoisotopic (exact) mass is 383 g/mol. The van der Waals surface area contributed by atoms with Crippen LogP contribution in [0, 0.1) is 11.7 Å². The Hall–Kier alpha value is -2.77. The third-order valence-corrected chi connectivity index (χ3v) is 4.49.